The fraction of sp³-hybridized carbons (Fsp3) is 0.611. The van der Waals surface area contributed by atoms with Gasteiger partial charge in [-0.05, 0) is 75.9 Å². The fourth-order valence-electron chi connectivity index (χ4n) is 6.00. The van der Waals surface area contributed by atoms with Crippen LogP contribution < -0.4 is 22.1 Å². The third-order valence-corrected chi connectivity index (χ3v) is 8.67. The Morgan fingerprint density at radius 2 is 1.04 bits per heavy atom. The highest BCUT2D eigenvalue weighted by atomic mass is 19.3. The average molecular weight is 645 g/mol. The van der Waals surface area contributed by atoms with E-state index < -0.39 is 11.9 Å². The molecule has 0 saturated heterocycles. The molecule has 0 heterocycles. The number of carbonyl (C=O) groups is 2. The maximum Gasteiger partial charge on any atom is 0.338 e. The first-order valence-corrected chi connectivity index (χ1v) is 17.2. The standard InChI is InChI=1S/C21H34N2O2.C15H20F2N2O2/c1-2-25-21(24)17-14-15-20(19(22)16-17)23-18-12-10-8-6-4-3-5-7-9-11-13-18;1-2-21-14(20)10-3-4-13(12(18)9-10)19-11-5-7-15(16,17)8-6-11/h14-16,18,23H,2-13,22H2,1H3;3-4,9,11,19H,2,5-8,18H2,1H3. The van der Waals surface area contributed by atoms with Crippen LogP contribution in [0.5, 0.6) is 0 Å². The number of rotatable bonds is 8. The maximum absolute atomic E-state index is 13.1. The van der Waals surface area contributed by atoms with E-state index in [1.807, 2.05) is 6.07 Å². The molecular weight excluding hydrogens is 590 g/mol. The molecule has 0 bridgehead atoms. The number of hydrogen-bond donors (Lipinski definition) is 4. The van der Waals surface area contributed by atoms with Crippen molar-refractivity contribution in [2.75, 3.05) is 35.3 Å². The lowest BCUT2D eigenvalue weighted by Crippen LogP contribution is -2.32. The Labute approximate surface area is 273 Å². The predicted octanol–water partition coefficient (Wildman–Crippen LogP) is 8.97. The Hall–Kier alpha value is -3.56. The van der Waals surface area contributed by atoms with Crippen LogP contribution in [0.1, 0.15) is 131 Å². The van der Waals surface area contributed by atoms with Crippen molar-refractivity contribution in [2.45, 2.75) is 128 Å². The largest absolute Gasteiger partial charge is 0.462 e. The van der Waals surface area contributed by atoms with Gasteiger partial charge in [-0.2, -0.15) is 0 Å². The molecule has 256 valence electrons. The summed E-state index contributed by atoms with van der Waals surface area (Å²) in [5, 5.41) is 6.80. The number of ether oxygens (including phenoxy) is 2. The second-order valence-corrected chi connectivity index (χ2v) is 12.4. The first-order valence-electron chi connectivity index (χ1n) is 17.2. The van der Waals surface area contributed by atoms with Crippen molar-refractivity contribution in [3.05, 3.63) is 47.5 Å². The van der Waals surface area contributed by atoms with E-state index in [1.165, 1.54) is 76.7 Å². The molecule has 0 aliphatic heterocycles. The van der Waals surface area contributed by atoms with Crippen molar-refractivity contribution >= 4 is 34.7 Å². The van der Waals surface area contributed by atoms with Crippen molar-refractivity contribution < 1.29 is 27.8 Å². The van der Waals surface area contributed by atoms with Crippen LogP contribution in [0.15, 0.2) is 36.4 Å². The van der Waals surface area contributed by atoms with Gasteiger partial charge < -0.3 is 31.6 Å². The van der Waals surface area contributed by atoms with Crippen LogP contribution in [0.3, 0.4) is 0 Å². The Morgan fingerprint density at radius 3 is 1.41 bits per heavy atom. The van der Waals surface area contributed by atoms with Crippen molar-refractivity contribution in [3.8, 4) is 0 Å². The van der Waals surface area contributed by atoms with Gasteiger partial charge in [-0.3, -0.25) is 0 Å². The van der Waals surface area contributed by atoms with Gasteiger partial charge in [-0.25, -0.2) is 18.4 Å². The van der Waals surface area contributed by atoms with Crippen LogP contribution in [0.4, 0.5) is 31.5 Å². The molecule has 2 aliphatic carbocycles. The minimum atomic E-state index is -2.54. The molecule has 2 aromatic carbocycles. The fourth-order valence-corrected chi connectivity index (χ4v) is 6.00. The van der Waals surface area contributed by atoms with E-state index in [2.05, 4.69) is 10.6 Å². The van der Waals surface area contributed by atoms with E-state index in [1.54, 1.807) is 38.1 Å². The molecule has 8 nitrogen and oxygen atoms in total. The third kappa shape index (κ3) is 12.7. The van der Waals surface area contributed by atoms with Gasteiger partial charge >= 0.3 is 11.9 Å². The Morgan fingerprint density at radius 1 is 0.674 bits per heavy atom. The van der Waals surface area contributed by atoms with Gasteiger partial charge in [0, 0.05) is 24.9 Å². The van der Waals surface area contributed by atoms with Gasteiger partial charge in [0.05, 0.1) is 47.1 Å². The Balaban J connectivity index is 0.000000254. The molecule has 0 amide bonds. The zero-order valence-electron chi connectivity index (χ0n) is 27.7. The topological polar surface area (TPSA) is 129 Å². The molecular formula is C36H54F2N4O4. The summed E-state index contributed by atoms with van der Waals surface area (Å²) in [6, 6.07) is 10.7. The van der Waals surface area contributed by atoms with E-state index in [-0.39, 0.29) is 24.9 Å². The van der Waals surface area contributed by atoms with Gasteiger partial charge in [0.1, 0.15) is 0 Å². The van der Waals surface area contributed by atoms with Crippen molar-refractivity contribution in [1.29, 1.82) is 0 Å². The maximum atomic E-state index is 13.1. The minimum absolute atomic E-state index is 0.0135. The minimum Gasteiger partial charge on any atom is -0.462 e. The van der Waals surface area contributed by atoms with Gasteiger partial charge in [0.2, 0.25) is 5.92 Å². The first kappa shape index (κ1) is 36.9. The monoisotopic (exact) mass is 644 g/mol. The second kappa shape index (κ2) is 19.2. The number of nitrogen functional groups attached to an aromatic ring is 2. The lowest BCUT2D eigenvalue weighted by molar-refractivity contribution is -0.0361. The highest BCUT2D eigenvalue weighted by Crippen LogP contribution is 2.35. The zero-order valence-corrected chi connectivity index (χ0v) is 27.7. The highest BCUT2D eigenvalue weighted by molar-refractivity contribution is 5.92. The molecule has 0 radical (unpaired) electrons. The van der Waals surface area contributed by atoms with Crippen LogP contribution in [-0.4, -0.2) is 43.2 Å². The van der Waals surface area contributed by atoms with Crippen LogP contribution >= 0.6 is 0 Å². The van der Waals surface area contributed by atoms with E-state index in [0.717, 1.165) is 5.69 Å². The van der Waals surface area contributed by atoms with E-state index in [4.69, 9.17) is 20.9 Å². The van der Waals surface area contributed by atoms with Gasteiger partial charge in [0.15, 0.2) is 0 Å². The van der Waals surface area contributed by atoms with Crippen LogP contribution in [0.2, 0.25) is 0 Å². The number of hydrogen-bond acceptors (Lipinski definition) is 8. The third-order valence-electron chi connectivity index (χ3n) is 8.67. The van der Waals surface area contributed by atoms with Crippen LogP contribution in [0, 0.1) is 0 Å². The molecule has 4 rings (SSSR count). The van der Waals surface area contributed by atoms with Gasteiger partial charge in [-0.1, -0.05) is 57.8 Å². The SMILES string of the molecule is CCOC(=O)c1ccc(NC2CCC(F)(F)CC2)c(N)c1.CCOC(=O)c1ccc(NC2CCCCCCCCCCC2)c(N)c1. The van der Waals surface area contributed by atoms with Crippen molar-refractivity contribution in [2.24, 2.45) is 0 Å². The molecule has 46 heavy (non-hydrogen) atoms. The molecule has 2 aromatic rings. The highest BCUT2D eigenvalue weighted by Gasteiger charge is 2.35. The van der Waals surface area contributed by atoms with Crippen LogP contribution in [0.25, 0.3) is 0 Å². The van der Waals surface area contributed by atoms with Crippen molar-refractivity contribution in [3.63, 3.8) is 0 Å². The predicted molar refractivity (Wildman–Crippen MR) is 183 cm³/mol. The summed E-state index contributed by atoms with van der Waals surface area (Å²) >= 11 is 0. The molecule has 0 unspecified atom stereocenters. The lowest BCUT2D eigenvalue weighted by Gasteiger charge is -2.29. The number of alkyl halides is 2. The van der Waals surface area contributed by atoms with E-state index in [0.29, 0.717) is 60.3 Å². The molecule has 2 aliphatic rings. The van der Waals surface area contributed by atoms with Crippen LogP contribution in [-0.2, 0) is 9.47 Å². The molecule has 0 atom stereocenters. The summed E-state index contributed by atoms with van der Waals surface area (Å²) in [5.74, 6) is -3.28. The summed E-state index contributed by atoms with van der Waals surface area (Å²) in [6.45, 7) is 4.21. The number of nitrogens with two attached hydrogens (primary N) is 2. The summed E-state index contributed by atoms with van der Waals surface area (Å²) < 4.78 is 36.1. The summed E-state index contributed by atoms with van der Waals surface area (Å²) in [4.78, 5) is 23.4. The smallest absolute Gasteiger partial charge is 0.338 e. The summed E-state index contributed by atoms with van der Waals surface area (Å²) in [5.41, 5.74) is 15.6. The Kier molecular flexibility index (Phi) is 15.4. The average Bonchev–Trinajstić information content (AvgIpc) is 3.02. The van der Waals surface area contributed by atoms with Crippen molar-refractivity contribution in [1.82, 2.24) is 0 Å². The number of carbonyl (C=O) groups excluding carboxylic acids is 2. The number of nitrogens with one attached hydrogen (secondary N) is 2. The second-order valence-electron chi connectivity index (χ2n) is 12.4. The number of benzene rings is 2. The lowest BCUT2D eigenvalue weighted by atomic mass is 9.92. The molecule has 2 saturated carbocycles. The first-order chi connectivity index (χ1) is 22.1. The number of esters is 2. The van der Waals surface area contributed by atoms with E-state index in [9.17, 15) is 18.4 Å². The quantitative estimate of drug-likeness (QED) is 0.166. The zero-order chi connectivity index (χ0) is 33.4. The normalized spacial score (nSPS) is 18.1. The molecule has 6 N–H and O–H groups in total. The van der Waals surface area contributed by atoms with Gasteiger partial charge in [0.25, 0.3) is 0 Å². The summed E-state index contributed by atoms with van der Waals surface area (Å²) in [7, 11) is 0. The molecule has 10 heteroatoms. The van der Waals surface area contributed by atoms with Gasteiger partial charge in [-0.15, -0.1) is 0 Å². The number of halogens is 2. The summed E-state index contributed by atoms with van der Waals surface area (Å²) in [6.07, 6.45) is 15.1. The molecule has 0 aromatic heterocycles. The number of anilines is 4. The molecule has 0 spiro atoms. The molecule has 2 fully saturated rings. The van der Waals surface area contributed by atoms with E-state index >= 15 is 0 Å². The Bertz CT molecular complexity index is 1220.